The predicted molar refractivity (Wildman–Crippen MR) is 46.9 cm³/mol. The lowest BCUT2D eigenvalue weighted by Crippen LogP contribution is -2.23. The molecule has 1 aromatic heterocycles. The first-order valence-electron chi connectivity index (χ1n) is 3.78. The zero-order chi connectivity index (χ0) is 8.55. The van der Waals surface area contributed by atoms with Crippen LogP contribution in [-0.2, 0) is 6.54 Å². The van der Waals surface area contributed by atoms with Gasteiger partial charge in [0.15, 0.2) is 0 Å². The van der Waals surface area contributed by atoms with Crippen LogP contribution in [0.4, 0.5) is 0 Å². The van der Waals surface area contributed by atoms with Crippen LogP contribution in [0.2, 0.25) is 0 Å². The number of hydrogen-bond donors (Lipinski definition) is 1. The van der Waals surface area contributed by atoms with Crippen molar-refractivity contribution in [1.82, 2.24) is 15.1 Å². The Morgan fingerprint density at radius 1 is 1.67 bits per heavy atom. The van der Waals surface area contributed by atoms with E-state index in [4.69, 9.17) is 0 Å². The molecule has 1 aliphatic heterocycles. The second-order valence-electron chi connectivity index (χ2n) is 2.67. The lowest BCUT2D eigenvalue weighted by molar-refractivity contribution is 0.0949. The van der Waals surface area contributed by atoms with Gasteiger partial charge in [-0.3, -0.25) is 9.48 Å². The molecule has 1 aromatic rings. The van der Waals surface area contributed by atoms with Gasteiger partial charge in [-0.2, -0.15) is 5.10 Å². The van der Waals surface area contributed by atoms with E-state index in [-0.39, 0.29) is 5.91 Å². The van der Waals surface area contributed by atoms with Crippen molar-refractivity contribution in [3.63, 3.8) is 0 Å². The molecule has 0 fully saturated rings. The monoisotopic (exact) mass is 229 g/mol. The van der Waals surface area contributed by atoms with E-state index in [1.807, 2.05) is 0 Å². The Balaban J connectivity index is 2.49. The molecule has 0 saturated carbocycles. The summed E-state index contributed by atoms with van der Waals surface area (Å²) in [6, 6.07) is 0. The van der Waals surface area contributed by atoms with Crippen LogP contribution in [-0.4, -0.2) is 22.2 Å². The van der Waals surface area contributed by atoms with Crippen LogP contribution in [0.25, 0.3) is 0 Å². The molecule has 0 aromatic carbocycles. The summed E-state index contributed by atoms with van der Waals surface area (Å²) in [5, 5.41) is 6.87. The van der Waals surface area contributed by atoms with Crippen molar-refractivity contribution < 1.29 is 4.79 Å². The molecule has 2 heterocycles. The quantitative estimate of drug-likeness (QED) is 0.715. The number of carbonyl (C=O) groups is 1. The zero-order valence-electron chi connectivity index (χ0n) is 6.38. The van der Waals surface area contributed by atoms with Crippen molar-refractivity contribution in [2.24, 2.45) is 0 Å². The van der Waals surface area contributed by atoms with E-state index >= 15 is 0 Å². The average Bonchev–Trinajstić information content (AvgIpc) is 2.29. The van der Waals surface area contributed by atoms with E-state index in [2.05, 4.69) is 26.3 Å². The van der Waals surface area contributed by atoms with Crippen LogP contribution in [0, 0.1) is 0 Å². The second-order valence-corrected chi connectivity index (χ2v) is 3.53. The Labute approximate surface area is 78.1 Å². The molecular formula is C7H8BrN3O. The molecule has 1 N–H and O–H groups in total. The maximum atomic E-state index is 11.4. The molecule has 5 heteroatoms. The fraction of sp³-hybridized carbons (Fsp3) is 0.429. The minimum Gasteiger partial charge on any atom is -0.351 e. The maximum Gasteiger partial charge on any atom is 0.270 e. The molecular weight excluding hydrogens is 222 g/mol. The number of nitrogens with zero attached hydrogens (tertiary/aromatic N) is 2. The minimum atomic E-state index is -0.0446. The Kier molecular flexibility index (Phi) is 1.88. The molecule has 0 unspecified atom stereocenters. The first-order chi connectivity index (χ1) is 5.79. The summed E-state index contributed by atoms with van der Waals surface area (Å²) in [6.45, 7) is 1.54. The molecule has 2 rings (SSSR count). The smallest absolute Gasteiger partial charge is 0.270 e. The summed E-state index contributed by atoms with van der Waals surface area (Å²) in [5.74, 6) is -0.0446. The summed E-state index contributed by atoms with van der Waals surface area (Å²) in [5.41, 5.74) is 0.632. The second kappa shape index (κ2) is 2.90. The fourth-order valence-corrected chi connectivity index (χ4v) is 1.75. The molecule has 0 atom stereocenters. The normalized spacial score (nSPS) is 16.6. The molecule has 1 amide bonds. The third-order valence-corrected chi connectivity index (χ3v) is 2.42. The van der Waals surface area contributed by atoms with Crippen LogP contribution < -0.4 is 5.32 Å². The van der Waals surface area contributed by atoms with E-state index in [1.54, 1.807) is 10.9 Å². The SMILES string of the molecule is O=C1NCCCn2ncc(Br)c21. The van der Waals surface area contributed by atoms with Crippen molar-refractivity contribution in [3.05, 3.63) is 16.4 Å². The first-order valence-corrected chi connectivity index (χ1v) is 4.58. The van der Waals surface area contributed by atoms with Gasteiger partial charge in [-0.1, -0.05) is 0 Å². The van der Waals surface area contributed by atoms with Crippen LogP contribution in [0.1, 0.15) is 16.9 Å². The van der Waals surface area contributed by atoms with Gasteiger partial charge in [0.1, 0.15) is 5.69 Å². The van der Waals surface area contributed by atoms with Crippen LogP contribution in [0.5, 0.6) is 0 Å². The average molecular weight is 230 g/mol. The van der Waals surface area contributed by atoms with Crippen molar-refractivity contribution in [2.45, 2.75) is 13.0 Å². The van der Waals surface area contributed by atoms with Gasteiger partial charge in [0.05, 0.1) is 10.7 Å². The zero-order valence-corrected chi connectivity index (χ0v) is 7.97. The standard InChI is InChI=1S/C7H8BrN3O/c8-5-4-10-11-3-1-2-9-7(12)6(5)11/h4H,1-3H2,(H,9,12). The number of halogens is 1. The molecule has 0 bridgehead atoms. The van der Waals surface area contributed by atoms with Gasteiger partial charge in [0.2, 0.25) is 0 Å². The van der Waals surface area contributed by atoms with E-state index in [9.17, 15) is 4.79 Å². The Morgan fingerprint density at radius 3 is 3.33 bits per heavy atom. The maximum absolute atomic E-state index is 11.4. The van der Waals surface area contributed by atoms with Gasteiger partial charge in [0, 0.05) is 13.1 Å². The third kappa shape index (κ3) is 1.14. The highest BCUT2D eigenvalue weighted by molar-refractivity contribution is 9.10. The Hall–Kier alpha value is -0.840. The molecule has 64 valence electrons. The highest BCUT2D eigenvalue weighted by Crippen LogP contribution is 2.17. The van der Waals surface area contributed by atoms with Crippen LogP contribution >= 0.6 is 15.9 Å². The van der Waals surface area contributed by atoms with Gasteiger partial charge in [-0.15, -0.1) is 0 Å². The lowest BCUT2D eigenvalue weighted by atomic mass is 10.4. The van der Waals surface area contributed by atoms with Gasteiger partial charge in [0.25, 0.3) is 5.91 Å². The number of aromatic nitrogens is 2. The molecule has 0 radical (unpaired) electrons. The highest BCUT2D eigenvalue weighted by atomic mass is 79.9. The molecule has 1 aliphatic rings. The molecule has 0 spiro atoms. The topological polar surface area (TPSA) is 46.9 Å². The van der Waals surface area contributed by atoms with Crippen LogP contribution in [0.3, 0.4) is 0 Å². The Morgan fingerprint density at radius 2 is 2.50 bits per heavy atom. The largest absolute Gasteiger partial charge is 0.351 e. The van der Waals surface area contributed by atoms with Gasteiger partial charge in [-0.25, -0.2) is 0 Å². The van der Waals surface area contributed by atoms with E-state index in [0.29, 0.717) is 5.69 Å². The van der Waals surface area contributed by atoms with E-state index in [1.165, 1.54) is 0 Å². The summed E-state index contributed by atoms with van der Waals surface area (Å²) in [7, 11) is 0. The number of fused-ring (bicyclic) bond motifs is 1. The fourth-order valence-electron chi connectivity index (χ4n) is 1.27. The first kappa shape index (κ1) is 7.79. The van der Waals surface area contributed by atoms with Crippen LogP contribution in [0.15, 0.2) is 10.7 Å². The van der Waals surface area contributed by atoms with Crippen molar-refractivity contribution in [2.75, 3.05) is 6.54 Å². The third-order valence-electron chi connectivity index (χ3n) is 1.84. The minimum absolute atomic E-state index is 0.0446. The van der Waals surface area contributed by atoms with Gasteiger partial charge >= 0.3 is 0 Å². The summed E-state index contributed by atoms with van der Waals surface area (Å²) < 4.78 is 2.49. The number of carbonyl (C=O) groups excluding carboxylic acids is 1. The number of rotatable bonds is 0. The highest BCUT2D eigenvalue weighted by Gasteiger charge is 2.18. The van der Waals surface area contributed by atoms with Crippen molar-refractivity contribution >= 4 is 21.8 Å². The summed E-state index contributed by atoms with van der Waals surface area (Å²) in [6.07, 6.45) is 2.59. The van der Waals surface area contributed by atoms with E-state index in [0.717, 1.165) is 24.0 Å². The van der Waals surface area contributed by atoms with Gasteiger partial charge in [-0.05, 0) is 22.4 Å². The molecule has 12 heavy (non-hydrogen) atoms. The number of nitrogens with one attached hydrogen (secondary N) is 1. The lowest BCUT2D eigenvalue weighted by Gasteiger charge is -1.99. The van der Waals surface area contributed by atoms with Crippen molar-refractivity contribution in [1.29, 1.82) is 0 Å². The van der Waals surface area contributed by atoms with Gasteiger partial charge < -0.3 is 5.32 Å². The summed E-state index contributed by atoms with van der Waals surface area (Å²) >= 11 is 3.28. The Bertz CT molecular complexity index is 320. The summed E-state index contributed by atoms with van der Waals surface area (Å²) in [4.78, 5) is 11.4. The number of hydrogen-bond acceptors (Lipinski definition) is 2. The number of aryl methyl sites for hydroxylation is 1. The predicted octanol–water partition coefficient (Wildman–Crippen LogP) is 0.779. The molecule has 0 aliphatic carbocycles. The molecule has 4 nitrogen and oxygen atoms in total. The molecule has 0 saturated heterocycles. The van der Waals surface area contributed by atoms with E-state index < -0.39 is 0 Å². The number of amides is 1. The van der Waals surface area contributed by atoms with Crippen molar-refractivity contribution in [3.8, 4) is 0 Å².